The first kappa shape index (κ1) is 18.0. The molecule has 1 saturated heterocycles. The van der Waals surface area contributed by atoms with Gasteiger partial charge in [0.2, 0.25) is 10.0 Å². The first-order valence-electron chi connectivity index (χ1n) is 8.18. The summed E-state index contributed by atoms with van der Waals surface area (Å²) in [5, 5.41) is 0. The minimum Gasteiger partial charge on any atom is -0.299 e. The molecular formula is C18H20F2N2O2S. The van der Waals surface area contributed by atoms with Crippen LogP contribution < -0.4 is 4.72 Å². The van der Waals surface area contributed by atoms with E-state index in [1.54, 1.807) is 0 Å². The summed E-state index contributed by atoms with van der Waals surface area (Å²) in [4.78, 5) is 1.61. The van der Waals surface area contributed by atoms with Gasteiger partial charge in [-0.2, -0.15) is 0 Å². The van der Waals surface area contributed by atoms with E-state index in [4.69, 9.17) is 0 Å². The zero-order chi connectivity index (χ0) is 17.9. The molecule has 1 heterocycles. The zero-order valence-corrected chi connectivity index (χ0v) is 14.5. The van der Waals surface area contributed by atoms with Gasteiger partial charge in [0.25, 0.3) is 0 Å². The molecule has 0 aliphatic carbocycles. The first-order chi connectivity index (χ1) is 11.9. The molecule has 2 aromatic carbocycles. The van der Waals surface area contributed by atoms with Crippen molar-refractivity contribution in [2.45, 2.75) is 30.3 Å². The van der Waals surface area contributed by atoms with Crippen LogP contribution in [0.1, 0.15) is 18.4 Å². The monoisotopic (exact) mass is 366 g/mol. The van der Waals surface area contributed by atoms with Crippen LogP contribution in [0.4, 0.5) is 8.78 Å². The SMILES string of the molecule is O=S(=O)(NC1CCN(Cc2ccccc2)CC1)c1cc(F)ccc1F. The lowest BCUT2D eigenvalue weighted by Crippen LogP contribution is -2.44. The summed E-state index contributed by atoms with van der Waals surface area (Å²) >= 11 is 0. The maximum absolute atomic E-state index is 13.7. The third kappa shape index (κ3) is 4.62. The molecule has 0 amide bonds. The van der Waals surface area contributed by atoms with E-state index in [2.05, 4.69) is 21.8 Å². The molecule has 1 N–H and O–H groups in total. The molecule has 0 spiro atoms. The molecule has 25 heavy (non-hydrogen) atoms. The summed E-state index contributed by atoms with van der Waals surface area (Å²) in [5.41, 5.74) is 1.21. The summed E-state index contributed by atoms with van der Waals surface area (Å²) in [5.74, 6) is -1.73. The van der Waals surface area contributed by atoms with Crippen LogP contribution in [-0.4, -0.2) is 32.4 Å². The molecule has 7 heteroatoms. The van der Waals surface area contributed by atoms with E-state index in [1.807, 2.05) is 18.2 Å². The lowest BCUT2D eigenvalue weighted by molar-refractivity contribution is 0.200. The standard InChI is InChI=1S/C18H20F2N2O2S/c19-15-6-7-17(20)18(12-15)25(23,24)21-16-8-10-22(11-9-16)13-14-4-2-1-3-5-14/h1-7,12,16,21H,8-11,13H2. The maximum Gasteiger partial charge on any atom is 0.243 e. The molecule has 1 aliphatic rings. The van der Waals surface area contributed by atoms with Crippen LogP contribution in [0.2, 0.25) is 0 Å². The maximum atomic E-state index is 13.7. The van der Waals surface area contributed by atoms with Crippen molar-refractivity contribution in [1.82, 2.24) is 9.62 Å². The second-order valence-electron chi connectivity index (χ2n) is 6.23. The van der Waals surface area contributed by atoms with Gasteiger partial charge >= 0.3 is 0 Å². The summed E-state index contributed by atoms with van der Waals surface area (Å²) in [6.07, 6.45) is 1.26. The second-order valence-corrected chi connectivity index (χ2v) is 7.91. The Labute approximate surface area is 146 Å². The van der Waals surface area contributed by atoms with Gasteiger partial charge in [-0.1, -0.05) is 30.3 Å². The van der Waals surface area contributed by atoms with Crippen molar-refractivity contribution in [2.75, 3.05) is 13.1 Å². The summed E-state index contributed by atoms with van der Waals surface area (Å²) in [7, 11) is -4.07. The van der Waals surface area contributed by atoms with Crippen molar-refractivity contribution in [1.29, 1.82) is 0 Å². The van der Waals surface area contributed by atoms with Crippen molar-refractivity contribution >= 4 is 10.0 Å². The largest absolute Gasteiger partial charge is 0.299 e. The van der Waals surface area contributed by atoms with Gasteiger partial charge in [0.1, 0.15) is 16.5 Å². The molecule has 3 rings (SSSR count). The predicted octanol–water partition coefficient (Wildman–Crippen LogP) is 2.91. The van der Waals surface area contributed by atoms with E-state index < -0.39 is 26.6 Å². The topological polar surface area (TPSA) is 49.4 Å². The Morgan fingerprint density at radius 3 is 2.40 bits per heavy atom. The fourth-order valence-electron chi connectivity index (χ4n) is 3.02. The minimum atomic E-state index is -4.07. The Balaban J connectivity index is 1.59. The van der Waals surface area contributed by atoms with Crippen molar-refractivity contribution in [3.05, 3.63) is 65.7 Å². The molecule has 1 aliphatic heterocycles. The van der Waals surface area contributed by atoms with Crippen LogP contribution in [0.5, 0.6) is 0 Å². The van der Waals surface area contributed by atoms with Gasteiger partial charge in [0.15, 0.2) is 0 Å². The highest BCUT2D eigenvalue weighted by Gasteiger charge is 2.26. The molecule has 0 radical (unpaired) electrons. The number of piperidine rings is 1. The predicted molar refractivity (Wildman–Crippen MR) is 91.4 cm³/mol. The third-order valence-electron chi connectivity index (χ3n) is 4.34. The normalized spacial score (nSPS) is 16.9. The van der Waals surface area contributed by atoms with E-state index in [0.29, 0.717) is 18.9 Å². The molecule has 0 saturated carbocycles. The van der Waals surface area contributed by atoms with E-state index in [-0.39, 0.29) is 6.04 Å². The van der Waals surface area contributed by atoms with Gasteiger partial charge < -0.3 is 0 Å². The number of halogens is 2. The second kappa shape index (κ2) is 7.59. The number of rotatable bonds is 5. The summed E-state index contributed by atoms with van der Waals surface area (Å²) in [6, 6.07) is 12.2. The van der Waals surface area contributed by atoms with Crippen LogP contribution >= 0.6 is 0 Å². The molecule has 134 valence electrons. The van der Waals surface area contributed by atoms with Crippen molar-refractivity contribution in [3.63, 3.8) is 0 Å². The van der Waals surface area contributed by atoms with Gasteiger partial charge in [-0.05, 0) is 36.6 Å². The summed E-state index contributed by atoms with van der Waals surface area (Å²) < 4.78 is 54.1. The fraction of sp³-hybridized carbons (Fsp3) is 0.333. The minimum absolute atomic E-state index is 0.278. The van der Waals surface area contributed by atoms with Gasteiger partial charge in [-0.15, -0.1) is 0 Å². The lowest BCUT2D eigenvalue weighted by Gasteiger charge is -2.32. The van der Waals surface area contributed by atoms with Gasteiger partial charge in [-0.25, -0.2) is 21.9 Å². The molecule has 0 bridgehead atoms. The highest BCUT2D eigenvalue weighted by Crippen LogP contribution is 2.19. The van der Waals surface area contributed by atoms with Crippen molar-refractivity contribution in [2.24, 2.45) is 0 Å². The number of hydrogen-bond donors (Lipinski definition) is 1. The third-order valence-corrected chi connectivity index (χ3v) is 5.88. The van der Waals surface area contributed by atoms with Crippen LogP contribution in [0.3, 0.4) is 0 Å². The highest BCUT2D eigenvalue weighted by atomic mass is 32.2. The average molecular weight is 366 g/mol. The van der Waals surface area contributed by atoms with E-state index >= 15 is 0 Å². The number of sulfonamides is 1. The molecule has 0 atom stereocenters. The number of likely N-dealkylation sites (tertiary alicyclic amines) is 1. The van der Waals surface area contributed by atoms with Crippen molar-refractivity contribution < 1.29 is 17.2 Å². The van der Waals surface area contributed by atoms with Crippen LogP contribution in [0.25, 0.3) is 0 Å². The summed E-state index contributed by atoms with van der Waals surface area (Å²) in [6.45, 7) is 2.31. The molecule has 0 unspecified atom stereocenters. The Bertz CT molecular complexity index is 820. The first-order valence-corrected chi connectivity index (χ1v) is 9.66. The number of nitrogens with zero attached hydrogens (tertiary/aromatic N) is 1. The van der Waals surface area contributed by atoms with Crippen molar-refractivity contribution in [3.8, 4) is 0 Å². The molecule has 2 aromatic rings. The average Bonchev–Trinajstić information content (AvgIpc) is 2.59. The van der Waals surface area contributed by atoms with Gasteiger partial charge in [-0.3, -0.25) is 4.90 Å². The molecule has 1 fully saturated rings. The van der Waals surface area contributed by atoms with E-state index in [9.17, 15) is 17.2 Å². The quantitative estimate of drug-likeness (QED) is 0.885. The lowest BCUT2D eigenvalue weighted by atomic mass is 10.1. The highest BCUT2D eigenvalue weighted by molar-refractivity contribution is 7.89. The smallest absolute Gasteiger partial charge is 0.243 e. The van der Waals surface area contributed by atoms with E-state index in [1.165, 1.54) is 5.56 Å². The van der Waals surface area contributed by atoms with Crippen LogP contribution in [-0.2, 0) is 16.6 Å². The Kier molecular flexibility index (Phi) is 5.46. The van der Waals surface area contributed by atoms with Gasteiger partial charge in [0.05, 0.1) is 0 Å². The zero-order valence-electron chi connectivity index (χ0n) is 13.7. The Morgan fingerprint density at radius 2 is 1.72 bits per heavy atom. The molecule has 0 aromatic heterocycles. The van der Waals surface area contributed by atoms with Crippen LogP contribution in [0, 0.1) is 11.6 Å². The Morgan fingerprint density at radius 1 is 1.04 bits per heavy atom. The number of nitrogens with one attached hydrogen (secondary N) is 1. The van der Waals surface area contributed by atoms with Gasteiger partial charge in [0, 0.05) is 25.7 Å². The number of benzene rings is 2. The fourth-order valence-corrected chi connectivity index (χ4v) is 4.41. The number of hydrogen-bond acceptors (Lipinski definition) is 3. The van der Waals surface area contributed by atoms with E-state index in [0.717, 1.165) is 31.8 Å². The molecule has 4 nitrogen and oxygen atoms in total. The molecular weight excluding hydrogens is 346 g/mol. The van der Waals surface area contributed by atoms with Crippen LogP contribution in [0.15, 0.2) is 53.4 Å². The Hall–Kier alpha value is -1.83.